The summed E-state index contributed by atoms with van der Waals surface area (Å²) in [6.07, 6.45) is 1.67. The second-order valence-electron chi connectivity index (χ2n) is 7.16. The molecule has 1 N–H and O–H groups in total. The van der Waals surface area contributed by atoms with Crippen LogP contribution in [0.25, 0.3) is 10.9 Å². The first-order valence-electron chi connectivity index (χ1n) is 9.86. The number of hydrogen-bond donors (Lipinski definition) is 1. The van der Waals surface area contributed by atoms with Crippen molar-refractivity contribution in [2.24, 2.45) is 5.10 Å². The van der Waals surface area contributed by atoms with Crippen molar-refractivity contribution >= 4 is 23.0 Å². The molecule has 0 bridgehead atoms. The molecule has 31 heavy (non-hydrogen) atoms. The number of ether oxygens (including phenoxy) is 1. The largest absolute Gasteiger partial charge is 0.497 e. The predicted molar refractivity (Wildman–Crippen MR) is 120 cm³/mol. The minimum absolute atomic E-state index is 0.252. The van der Waals surface area contributed by atoms with Gasteiger partial charge in [-0.3, -0.25) is 4.79 Å². The number of hydrogen-bond acceptors (Lipinski definition) is 3. The van der Waals surface area contributed by atoms with Crippen LogP contribution in [-0.2, 0) is 6.54 Å². The number of nitrogens with zero attached hydrogens (tertiary/aromatic N) is 2. The van der Waals surface area contributed by atoms with Gasteiger partial charge in [0.2, 0.25) is 0 Å². The lowest BCUT2D eigenvalue weighted by molar-refractivity contribution is 0.0955. The van der Waals surface area contributed by atoms with Gasteiger partial charge in [0.1, 0.15) is 11.6 Å². The average molecular weight is 415 g/mol. The third-order valence-corrected chi connectivity index (χ3v) is 5.25. The highest BCUT2D eigenvalue weighted by atomic mass is 19.1. The van der Waals surface area contributed by atoms with Crippen LogP contribution in [0.5, 0.6) is 5.75 Å². The fourth-order valence-electron chi connectivity index (χ4n) is 3.56. The lowest BCUT2D eigenvalue weighted by atomic mass is 10.1. The molecule has 1 aromatic heterocycles. The summed E-state index contributed by atoms with van der Waals surface area (Å²) in [5.74, 6) is 0.134. The van der Waals surface area contributed by atoms with Crippen molar-refractivity contribution in [2.45, 2.75) is 13.5 Å². The lowest BCUT2D eigenvalue weighted by Gasteiger charge is -2.08. The maximum absolute atomic E-state index is 13.3. The molecule has 4 rings (SSSR count). The number of aromatic nitrogens is 1. The highest BCUT2D eigenvalue weighted by Crippen LogP contribution is 2.25. The topological polar surface area (TPSA) is 55.6 Å². The summed E-state index contributed by atoms with van der Waals surface area (Å²) in [4.78, 5) is 12.4. The summed E-state index contributed by atoms with van der Waals surface area (Å²) in [5.41, 5.74) is 7.06. The molecule has 1 amide bonds. The van der Waals surface area contributed by atoms with E-state index in [1.54, 1.807) is 49.7 Å². The summed E-state index contributed by atoms with van der Waals surface area (Å²) < 4.78 is 20.5. The molecular formula is C25H22FN3O2. The summed E-state index contributed by atoms with van der Waals surface area (Å²) in [5, 5.41) is 5.22. The van der Waals surface area contributed by atoms with Crippen LogP contribution in [0.2, 0.25) is 0 Å². The van der Waals surface area contributed by atoms with Gasteiger partial charge in [0, 0.05) is 34.3 Å². The number of carbonyl (C=O) groups excluding carboxylic acids is 1. The number of nitrogens with one attached hydrogen (secondary N) is 1. The van der Waals surface area contributed by atoms with Gasteiger partial charge in [0.05, 0.1) is 13.3 Å². The normalized spacial score (nSPS) is 11.2. The zero-order valence-electron chi connectivity index (χ0n) is 17.3. The van der Waals surface area contributed by atoms with E-state index in [2.05, 4.69) is 15.1 Å². The Morgan fingerprint density at radius 3 is 2.48 bits per heavy atom. The quantitative estimate of drug-likeness (QED) is 0.359. The molecule has 3 aromatic carbocycles. The number of halogens is 1. The molecule has 0 radical (unpaired) electrons. The first kappa shape index (κ1) is 20.3. The molecule has 4 aromatic rings. The zero-order chi connectivity index (χ0) is 21.8. The molecule has 5 nitrogen and oxygen atoms in total. The highest BCUT2D eigenvalue weighted by Gasteiger charge is 2.13. The Kier molecular flexibility index (Phi) is 5.80. The van der Waals surface area contributed by atoms with Crippen molar-refractivity contribution in [3.63, 3.8) is 0 Å². The van der Waals surface area contributed by atoms with Crippen LogP contribution >= 0.6 is 0 Å². The van der Waals surface area contributed by atoms with E-state index in [4.69, 9.17) is 4.74 Å². The predicted octanol–water partition coefficient (Wildman–Crippen LogP) is 4.91. The van der Waals surface area contributed by atoms with Crippen molar-refractivity contribution < 1.29 is 13.9 Å². The van der Waals surface area contributed by atoms with Crippen LogP contribution < -0.4 is 10.2 Å². The number of methoxy groups -OCH3 is 1. The number of benzene rings is 3. The van der Waals surface area contributed by atoms with Gasteiger partial charge >= 0.3 is 0 Å². The van der Waals surface area contributed by atoms with Crippen LogP contribution in [0.3, 0.4) is 0 Å². The van der Waals surface area contributed by atoms with Gasteiger partial charge in [-0.1, -0.05) is 30.3 Å². The van der Waals surface area contributed by atoms with Crippen LogP contribution in [0.15, 0.2) is 77.9 Å². The van der Waals surface area contributed by atoms with E-state index in [-0.39, 0.29) is 11.7 Å². The summed E-state index contributed by atoms with van der Waals surface area (Å²) in [6.45, 7) is 2.62. The zero-order valence-corrected chi connectivity index (χ0v) is 17.3. The molecule has 0 aliphatic heterocycles. The monoisotopic (exact) mass is 415 g/mol. The summed E-state index contributed by atoms with van der Waals surface area (Å²) in [6, 6.07) is 21.3. The third-order valence-electron chi connectivity index (χ3n) is 5.25. The minimum Gasteiger partial charge on any atom is -0.497 e. The van der Waals surface area contributed by atoms with E-state index >= 15 is 0 Å². The molecule has 156 valence electrons. The van der Waals surface area contributed by atoms with Crippen molar-refractivity contribution in [1.82, 2.24) is 9.99 Å². The van der Waals surface area contributed by atoms with E-state index in [1.807, 2.05) is 31.2 Å². The highest BCUT2D eigenvalue weighted by molar-refractivity contribution is 6.02. The molecule has 0 saturated heterocycles. The van der Waals surface area contributed by atoms with Gasteiger partial charge in [-0.25, -0.2) is 9.82 Å². The molecule has 1 heterocycles. The summed E-state index contributed by atoms with van der Waals surface area (Å²) >= 11 is 0. The Bertz CT molecular complexity index is 1240. The second-order valence-corrected chi connectivity index (χ2v) is 7.16. The molecule has 0 saturated carbocycles. The number of rotatable bonds is 6. The number of hydrazone groups is 1. The maximum Gasteiger partial charge on any atom is 0.271 e. The van der Waals surface area contributed by atoms with E-state index in [0.29, 0.717) is 17.9 Å². The van der Waals surface area contributed by atoms with Crippen molar-refractivity contribution in [1.29, 1.82) is 0 Å². The van der Waals surface area contributed by atoms with Crippen LogP contribution in [-0.4, -0.2) is 23.8 Å². The molecule has 0 aliphatic rings. The molecule has 0 fully saturated rings. The Balaban J connectivity index is 1.59. The SMILES string of the molecule is COc1ccc(C(=O)N/N=C\c2c(C)n(Cc3ccc(F)cc3)c3ccccc23)cc1. The molecule has 6 heteroatoms. The maximum atomic E-state index is 13.3. The van der Waals surface area contributed by atoms with E-state index in [0.717, 1.165) is 27.7 Å². The first-order chi connectivity index (χ1) is 15.1. The fourth-order valence-corrected chi connectivity index (χ4v) is 3.56. The van der Waals surface area contributed by atoms with Crippen molar-refractivity contribution in [2.75, 3.05) is 7.11 Å². The molecule has 0 atom stereocenters. The van der Waals surface area contributed by atoms with Crippen LogP contribution in [0.1, 0.15) is 27.2 Å². The van der Waals surface area contributed by atoms with Gasteiger partial charge < -0.3 is 9.30 Å². The smallest absolute Gasteiger partial charge is 0.271 e. The number of carbonyl (C=O) groups is 1. The van der Waals surface area contributed by atoms with Crippen LogP contribution in [0.4, 0.5) is 4.39 Å². The molecular weight excluding hydrogens is 393 g/mol. The number of para-hydroxylation sites is 1. The number of fused-ring (bicyclic) bond motifs is 1. The van der Waals surface area contributed by atoms with Gasteiger partial charge in [0.25, 0.3) is 5.91 Å². The number of amides is 1. The Labute approximate surface area is 179 Å². The average Bonchev–Trinajstić information content (AvgIpc) is 3.06. The van der Waals surface area contributed by atoms with Crippen molar-refractivity contribution in [3.8, 4) is 5.75 Å². The van der Waals surface area contributed by atoms with E-state index in [9.17, 15) is 9.18 Å². The van der Waals surface area contributed by atoms with Gasteiger partial charge in [0.15, 0.2) is 0 Å². The van der Waals surface area contributed by atoms with E-state index in [1.165, 1.54) is 12.1 Å². The van der Waals surface area contributed by atoms with Crippen LogP contribution in [0, 0.1) is 12.7 Å². The van der Waals surface area contributed by atoms with Crippen molar-refractivity contribution in [3.05, 3.63) is 101 Å². The standard InChI is InChI=1S/C25H22FN3O2/c1-17-23(15-27-28-25(30)19-9-13-21(31-2)14-10-19)22-5-3-4-6-24(22)29(17)16-18-7-11-20(26)12-8-18/h3-15H,16H2,1-2H3,(H,28,30)/b27-15-. The van der Waals surface area contributed by atoms with Gasteiger partial charge in [-0.15, -0.1) is 0 Å². The van der Waals surface area contributed by atoms with Gasteiger partial charge in [-0.2, -0.15) is 5.10 Å². The Hall–Kier alpha value is -3.93. The lowest BCUT2D eigenvalue weighted by Crippen LogP contribution is -2.17. The third kappa shape index (κ3) is 4.33. The first-order valence-corrected chi connectivity index (χ1v) is 9.86. The Morgan fingerprint density at radius 1 is 1.06 bits per heavy atom. The fraction of sp³-hybridized carbons (Fsp3) is 0.120. The summed E-state index contributed by atoms with van der Waals surface area (Å²) in [7, 11) is 1.58. The second kappa shape index (κ2) is 8.83. The van der Waals surface area contributed by atoms with Gasteiger partial charge in [-0.05, 0) is 55.0 Å². The molecule has 0 unspecified atom stereocenters. The minimum atomic E-state index is -0.299. The molecule has 0 spiro atoms. The van der Waals surface area contributed by atoms with E-state index < -0.39 is 0 Å². The molecule has 0 aliphatic carbocycles. The Morgan fingerprint density at radius 2 is 1.77 bits per heavy atom.